The van der Waals surface area contributed by atoms with Crippen molar-refractivity contribution < 1.29 is 18.4 Å². The van der Waals surface area contributed by atoms with E-state index in [9.17, 15) is 14.0 Å². The van der Waals surface area contributed by atoms with Crippen molar-refractivity contribution in [2.45, 2.75) is 6.54 Å². The first-order valence-electron chi connectivity index (χ1n) is 8.56. The molecule has 1 aromatic carbocycles. The Morgan fingerprint density at radius 1 is 1.12 bits per heavy atom. The second-order valence-electron chi connectivity index (χ2n) is 6.42. The SMILES string of the molecule is CN(Cc1ccc(F)cc1)C(=O)CN1CCN(C(=O)c2ccco2)CC1. The quantitative estimate of drug-likeness (QED) is 0.817. The van der Waals surface area contributed by atoms with E-state index in [0.717, 1.165) is 5.56 Å². The zero-order chi connectivity index (χ0) is 18.5. The van der Waals surface area contributed by atoms with E-state index in [1.807, 2.05) is 4.90 Å². The molecular formula is C19H22FN3O3. The molecule has 1 aromatic heterocycles. The van der Waals surface area contributed by atoms with Gasteiger partial charge in [0.05, 0.1) is 12.8 Å². The molecule has 6 nitrogen and oxygen atoms in total. The fourth-order valence-electron chi connectivity index (χ4n) is 2.93. The summed E-state index contributed by atoms with van der Waals surface area (Å²) in [5.41, 5.74) is 0.885. The fourth-order valence-corrected chi connectivity index (χ4v) is 2.93. The predicted molar refractivity (Wildman–Crippen MR) is 93.9 cm³/mol. The monoisotopic (exact) mass is 359 g/mol. The van der Waals surface area contributed by atoms with Gasteiger partial charge in [-0.3, -0.25) is 14.5 Å². The number of hydrogen-bond acceptors (Lipinski definition) is 4. The van der Waals surface area contributed by atoms with Crippen LogP contribution in [0.5, 0.6) is 0 Å². The van der Waals surface area contributed by atoms with Gasteiger partial charge in [0.1, 0.15) is 5.82 Å². The highest BCUT2D eigenvalue weighted by atomic mass is 19.1. The van der Waals surface area contributed by atoms with Gasteiger partial charge >= 0.3 is 0 Å². The second-order valence-corrected chi connectivity index (χ2v) is 6.42. The minimum atomic E-state index is -0.287. The van der Waals surface area contributed by atoms with Crippen LogP contribution in [-0.4, -0.2) is 66.3 Å². The highest BCUT2D eigenvalue weighted by molar-refractivity contribution is 5.91. The van der Waals surface area contributed by atoms with Crippen LogP contribution in [0.25, 0.3) is 0 Å². The third-order valence-electron chi connectivity index (χ3n) is 4.51. The zero-order valence-electron chi connectivity index (χ0n) is 14.7. The van der Waals surface area contributed by atoms with E-state index in [2.05, 4.69) is 0 Å². The fraction of sp³-hybridized carbons (Fsp3) is 0.368. The zero-order valence-corrected chi connectivity index (χ0v) is 14.7. The van der Waals surface area contributed by atoms with Gasteiger partial charge in [-0.05, 0) is 29.8 Å². The number of likely N-dealkylation sites (N-methyl/N-ethyl adjacent to an activating group) is 1. The third kappa shape index (κ3) is 4.49. The van der Waals surface area contributed by atoms with Crippen LogP contribution in [0, 0.1) is 5.82 Å². The number of amides is 2. The van der Waals surface area contributed by atoms with E-state index in [-0.39, 0.29) is 17.6 Å². The van der Waals surface area contributed by atoms with Crippen molar-refractivity contribution in [3.8, 4) is 0 Å². The van der Waals surface area contributed by atoms with E-state index in [1.54, 1.807) is 41.1 Å². The van der Waals surface area contributed by atoms with Gasteiger partial charge in [-0.1, -0.05) is 12.1 Å². The Morgan fingerprint density at radius 2 is 1.81 bits per heavy atom. The van der Waals surface area contributed by atoms with Crippen LogP contribution in [-0.2, 0) is 11.3 Å². The maximum atomic E-state index is 12.9. The molecule has 7 heteroatoms. The van der Waals surface area contributed by atoms with Crippen LogP contribution < -0.4 is 0 Å². The van der Waals surface area contributed by atoms with Crippen molar-refractivity contribution in [3.63, 3.8) is 0 Å². The summed E-state index contributed by atoms with van der Waals surface area (Å²) in [7, 11) is 1.74. The first-order valence-corrected chi connectivity index (χ1v) is 8.56. The van der Waals surface area contributed by atoms with Gasteiger partial charge in [-0.2, -0.15) is 0 Å². The molecule has 1 fully saturated rings. The lowest BCUT2D eigenvalue weighted by Gasteiger charge is -2.34. The third-order valence-corrected chi connectivity index (χ3v) is 4.51. The number of carbonyl (C=O) groups is 2. The molecule has 2 aromatic rings. The van der Waals surface area contributed by atoms with Crippen LogP contribution >= 0.6 is 0 Å². The summed E-state index contributed by atoms with van der Waals surface area (Å²) in [6.07, 6.45) is 1.49. The molecule has 2 heterocycles. The smallest absolute Gasteiger partial charge is 0.289 e. The molecule has 0 radical (unpaired) electrons. The standard InChI is InChI=1S/C19H22FN3O3/c1-21(13-15-4-6-16(20)7-5-15)18(24)14-22-8-10-23(11-9-22)19(25)17-3-2-12-26-17/h2-7,12H,8-11,13-14H2,1H3. The van der Waals surface area contributed by atoms with Gasteiger partial charge in [0, 0.05) is 39.8 Å². The van der Waals surface area contributed by atoms with Crippen molar-refractivity contribution in [2.75, 3.05) is 39.8 Å². The summed E-state index contributed by atoms with van der Waals surface area (Å²) in [5, 5.41) is 0. The topological polar surface area (TPSA) is 57.0 Å². The number of carbonyl (C=O) groups excluding carboxylic acids is 2. The Kier molecular flexibility index (Phi) is 5.68. The summed E-state index contributed by atoms with van der Waals surface area (Å²) in [6, 6.07) is 9.49. The molecule has 0 spiro atoms. The van der Waals surface area contributed by atoms with Gasteiger partial charge in [-0.25, -0.2) is 4.39 Å². The second kappa shape index (κ2) is 8.14. The van der Waals surface area contributed by atoms with Gasteiger partial charge in [0.15, 0.2) is 5.76 Å². The molecule has 1 aliphatic heterocycles. The molecular weight excluding hydrogens is 337 g/mol. The molecule has 1 aliphatic rings. The lowest BCUT2D eigenvalue weighted by molar-refractivity contribution is -0.132. The summed E-state index contributed by atoms with van der Waals surface area (Å²) in [5.74, 6) is -0.0622. The molecule has 0 bridgehead atoms. The maximum absolute atomic E-state index is 12.9. The van der Waals surface area contributed by atoms with E-state index < -0.39 is 0 Å². The van der Waals surface area contributed by atoms with Crippen molar-refractivity contribution in [3.05, 3.63) is 59.8 Å². The summed E-state index contributed by atoms with van der Waals surface area (Å²) >= 11 is 0. The van der Waals surface area contributed by atoms with Gasteiger partial charge in [0.2, 0.25) is 5.91 Å². The largest absolute Gasteiger partial charge is 0.459 e. The van der Waals surface area contributed by atoms with E-state index in [4.69, 9.17) is 4.42 Å². The summed E-state index contributed by atoms with van der Waals surface area (Å²) < 4.78 is 18.1. The molecule has 0 N–H and O–H groups in total. The summed E-state index contributed by atoms with van der Waals surface area (Å²) in [4.78, 5) is 30.0. The molecule has 0 aliphatic carbocycles. The number of hydrogen-bond donors (Lipinski definition) is 0. The van der Waals surface area contributed by atoms with Gasteiger partial charge < -0.3 is 14.2 Å². The number of rotatable bonds is 5. The Morgan fingerprint density at radius 3 is 2.42 bits per heavy atom. The highest BCUT2D eigenvalue weighted by Gasteiger charge is 2.25. The molecule has 0 atom stereocenters. The molecule has 1 saturated heterocycles. The Bertz CT molecular complexity index is 738. The van der Waals surface area contributed by atoms with Crippen molar-refractivity contribution in [1.82, 2.24) is 14.7 Å². The number of piperazine rings is 1. The average molecular weight is 359 g/mol. The lowest BCUT2D eigenvalue weighted by Crippen LogP contribution is -2.51. The molecule has 26 heavy (non-hydrogen) atoms. The molecule has 138 valence electrons. The summed E-state index contributed by atoms with van der Waals surface area (Å²) in [6.45, 7) is 3.16. The van der Waals surface area contributed by atoms with Crippen LogP contribution in [0.15, 0.2) is 47.1 Å². The lowest BCUT2D eigenvalue weighted by atomic mass is 10.2. The van der Waals surface area contributed by atoms with Crippen LogP contribution in [0.1, 0.15) is 16.1 Å². The number of halogens is 1. The maximum Gasteiger partial charge on any atom is 0.289 e. The molecule has 2 amide bonds. The molecule has 0 saturated carbocycles. The van der Waals surface area contributed by atoms with Crippen LogP contribution in [0.2, 0.25) is 0 Å². The van der Waals surface area contributed by atoms with Crippen molar-refractivity contribution in [2.24, 2.45) is 0 Å². The van der Waals surface area contributed by atoms with Crippen molar-refractivity contribution in [1.29, 1.82) is 0 Å². The van der Waals surface area contributed by atoms with Crippen LogP contribution in [0.4, 0.5) is 4.39 Å². The number of benzene rings is 1. The Balaban J connectivity index is 1.45. The Labute approximate surface area is 151 Å². The molecule has 0 unspecified atom stereocenters. The first-order chi connectivity index (χ1) is 12.5. The Hall–Kier alpha value is -2.67. The normalized spacial score (nSPS) is 15.1. The molecule has 3 rings (SSSR count). The van der Waals surface area contributed by atoms with E-state index in [0.29, 0.717) is 45.0 Å². The average Bonchev–Trinajstić information content (AvgIpc) is 3.18. The van der Waals surface area contributed by atoms with Crippen molar-refractivity contribution >= 4 is 11.8 Å². The minimum Gasteiger partial charge on any atom is -0.459 e. The minimum absolute atomic E-state index is 0.000126. The van der Waals surface area contributed by atoms with E-state index >= 15 is 0 Å². The number of nitrogens with zero attached hydrogens (tertiary/aromatic N) is 3. The first kappa shape index (κ1) is 18.1. The number of furan rings is 1. The van der Waals surface area contributed by atoms with E-state index in [1.165, 1.54) is 18.4 Å². The predicted octanol–water partition coefficient (Wildman–Crippen LogP) is 1.84. The van der Waals surface area contributed by atoms with Crippen LogP contribution in [0.3, 0.4) is 0 Å². The van der Waals surface area contributed by atoms with Gasteiger partial charge in [0.25, 0.3) is 5.91 Å². The van der Waals surface area contributed by atoms with Gasteiger partial charge in [-0.15, -0.1) is 0 Å². The highest BCUT2D eigenvalue weighted by Crippen LogP contribution is 2.10.